The number of unbranched alkanes of at least 4 members (excludes halogenated alkanes) is 1. The maximum atomic E-state index is 13.0. The third kappa shape index (κ3) is 9.88. The molecule has 0 radical (unpaired) electrons. The molecule has 0 saturated carbocycles. The first-order chi connectivity index (χ1) is 15.1. The van der Waals surface area contributed by atoms with Gasteiger partial charge in [0, 0.05) is 6.42 Å². The highest BCUT2D eigenvalue weighted by Gasteiger charge is 2.28. The molecule has 8 N–H and O–H groups in total. The summed E-state index contributed by atoms with van der Waals surface area (Å²) >= 11 is 0. The predicted octanol–water partition coefficient (Wildman–Crippen LogP) is -0.488. The summed E-state index contributed by atoms with van der Waals surface area (Å²) in [6.45, 7) is 3.48. The van der Waals surface area contributed by atoms with Gasteiger partial charge in [-0.2, -0.15) is 0 Å². The van der Waals surface area contributed by atoms with Crippen LogP contribution in [0.3, 0.4) is 0 Å². The van der Waals surface area contributed by atoms with Gasteiger partial charge in [-0.25, -0.2) is 0 Å². The van der Waals surface area contributed by atoms with Gasteiger partial charge in [-0.05, 0) is 37.3 Å². The van der Waals surface area contributed by atoms with Crippen molar-refractivity contribution >= 4 is 23.7 Å². The van der Waals surface area contributed by atoms with E-state index in [4.69, 9.17) is 16.6 Å². The van der Waals surface area contributed by atoms with Crippen LogP contribution in [0.1, 0.15) is 38.7 Å². The fourth-order valence-corrected chi connectivity index (χ4v) is 2.95. The number of carbonyl (C=O) groups is 4. The van der Waals surface area contributed by atoms with E-state index in [1.54, 1.807) is 38.1 Å². The Morgan fingerprint density at radius 1 is 0.938 bits per heavy atom. The van der Waals surface area contributed by atoms with Crippen LogP contribution in [0.25, 0.3) is 0 Å². The summed E-state index contributed by atoms with van der Waals surface area (Å²) in [5, 5.41) is 16.5. The van der Waals surface area contributed by atoms with Crippen molar-refractivity contribution in [2.45, 2.75) is 57.7 Å². The molecule has 3 atom stereocenters. The summed E-state index contributed by atoms with van der Waals surface area (Å²) in [5.74, 6) is -2.94. The third-order valence-corrected chi connectivity index (χ3v) is 4.93. The maximum absolute atomic E-state index is 13.0. The van der Waals surface area contributed by atoms with Crippen LogP contribution in [-0.2, 0) is 25.6 Å². The molecule has 32 heavy (non-hydrogen) atoms. The topological polar surface area (TPSA) is 177 Å². The smallest absolute Gasteiger partial charge is 0.322 e. The number of nitrogens with two attached hydrogens (primary N) is 2. The van der Waals surface area contributed by atoms with E-state index in [0.29, 0.717) is 25.8 Å². The molecule has 0 spiro atoms. The maximum Gasteiger partial charge on any atom is 0.322 e. The zero-order valence-electron chi connectivity index (χ0n) is 18.7. The molecule has 0 bridgehead atoms. The first-order valence-corrected chi connectivity index (χ1v) is 10.8. The number of rotatable bonds is 14. The summed E-state index contributed by atoms with van der Waals surface area (Å²) in [5.41, 5.74) is 12.2. The fraction of sp³-hybridized carbons (Fsp3) is 0.545. The lowest BCUT2D eigenvalue weighted by molar-refractivity contribution is -0.138. The molecule has 10 nitrogen and oxygen atoms in total. The number of aliphatic carboxylic acids is 1. The highest BCUT2D eigenvalue weighted by atomic mass is 16.4. The third-order valence-electron chi connectivity index (χ3n) is 4.93. The number of hydrogen-bond donors (Lipinski definition) is 6. The van der Waals surface area contributed by atoms with Crippen LogP contribution >= 0.6 is 0 Å². The largest absolute Gasteiger partial charge is 0.480 e. The summed E-state index contributed by atoms with van der Waals surface area (Å²) in [4.78, 5) is 48.9. The van der Waals surface area contributed by atoms with E-state index in [1.165, 1.54) is 0 Å². The molecule has 1 aromatic carbocycles. The summed E-state index contributed by atoms with van der Waals surface area (Å²) in [7, 11) is 0. The van der Waals surface area contributed by atoms with Crippen LogP contribution in [-0.4, -0.2) is 60.0 Å². The quantitative estimate of drug-likeness (QED) is 0.208. The molecule has 10 heteroatoms. The molecule has 3 unspecified atom stereocenters. The second-order valence-electron chi connectivity index (χ2n) is 7.98. The first-order valence-electron chi connectivity index (χ1n) is 10.8. The molecule has 1 rings (SSSR count). The van der Waals surface area contributed by atoms with Crippen molar-refractivity contribution in [3.8, 4) is 0 Å². The SMILES string of the molecule is CC(C)C(N)C(=O)NC(CCCCN)C(=O)NC(Cc1ccccc1)C(=O)NCC(=O)O. The van der Waals surface area contributed by atoms with Crippen molar-refractivity contribution in [1.82, 2.24) is 16.0 Å². The van der Waals surface area contributed by atoms with Gasteiger partial charge in [0.05, 0.1) is 6.04 Å². The number of carboxylic acids is 1. The van der Waals surface area contributed by atoms with Gasteiger partial charge in [0.25, 0.3) is 0 Å². The molecular weight excluding hydrogens is 414 g/mol. The van der Waals surface area contributed by atoms with Gasteiger partial charge >= 0.3 is 5.97 Å². The van der Waals surface area contributed by atoms with Crippen molar-refractivity contribution in [2.24, 2.45) is 17.4 Å². The van der Waals surface area contributed by atoms with E-state index in [0.717, 1.165) is 5.56 Å². The Kier molecular flexibility index (Phi) is 12.0. The normalized spacial score (nSPS) is 13.7. The monoisotopic (exact) mass is 449 g/mol. The van der Waals surface area contributed by atoms with E-state index in [-0.39, 0.29) is 12.3 Å². The van der Waals surface area contributed by atoms with E-state index in [2.05, 4.69) is 16.0 Å². The number of nitrogens with one attached hydrogen (secondary N) is 3. The lowest BCUT2D eigenvalue weighted by atomic mass is 10.0. The Balaban J connectivity index is 2.98. The summed E-state index contributed by atoms with van der Waals surface area (Å²) in [6, 6.07) is 6.32. The fourth-order valence-electron chi connectivity index (χ4n) is 2.95. The van der Waals surface area contributed by atoms with Gasteiger partial charge in [-0.15, -0.1) is 0 Å². The lowest BCUT2D eigenvalue weighted by Crippen LogP contribution is -2.57. The second-order valence-corrected chi connectivity index (χ2v) is 7.98. The minimum atomic E-state index is -1.20. The molecule has 0 heterocycles. The van der Waals surface area contributed by atoms with E-state index >= 15 is 0 Å². The van der Waals surface area contributed by atoms with Gasteiger partial charge < -0.3 is 32.5 Å². The minimum Gasteiger partial charge on any atom is -0.480 e. The van der Waals surface area contributed by atoms with Gasteiger partial charge in [-0.1, -0.05) is 44.2 Å². The van der Waals surface area contributed by atoms with Crippen LogP contribution in [0.15, 0.2) is 30.3 Å². The highest BCUT2D eigenvalue weighted by Crippen LogP contribution is 2.07. The van der Waals surface area contributed by atoms with Gasteiger partial charge in [0.1, 0.15) is 18.6 Å². The standard InChI is InChI=1S/C22H35N5O5/c1-14(2)19(24)22(32)26-16(10-6-7-11-23)21(31)27-17(20(30)25-13-18(28)29)12-15-8-4-3-5-9-15/h3-5,8-9,14,16-17,19H,6-7,10-13,23-24H2,1-2H3,(H,25,30)(H,26,32)(H,27,31)(H,28,29). The molecule has 3 amide bonds. The molecule has 0 aliphatic carbocycles. The number of amides is 3. The molecule has 1 aromatic rings. The van der Waals surface area contributed by atoms with Crippen LogP contribution in [0.4, 0.5) is 0 Å². The van der Waals surface area contributed by atoms with E-state index in [9.17, 15) is 19.2 Å². The molecule has 0 aliphatic rings. The second kappa shape index (κ2) is 14.2. The minimum absolute atomic E-state index is 0.115. The zero-order chi connectivity index (χ0) is 24.1. The number of carbonyl (C=O) groups excluding carboxylic acids is 3. The van der Waals surface area contributed by atoms with Crippen LogP contribution in [0, 0.1) is 5.92 Å². The van der Waals surface area contributed by atoms with Crippen molar-refractivity contribution in [3.05, 3.63) is 35.9 Å². The highest BCUT2D eigenvalue weighted by molar-refractivity contribution is 5.93. The average Bonchev–Trinajstić information content (AvgIpc) is 2.76. The van der Waals surface area contributed by atoms with Gasteiger partial charge in [0.15, 0.2) is 0 Å². The Morgan fingerprint density at radius 2 is 1.56 bits per heavy atom. The molecular formula is C22H35N5O5. The molecule has 0 saturated heterocycles. The Morgan fingerprint density at radius 3 is 2.12 bits per heavy atom. The lowest BCUT2D eigenvalue weighted by Gasteiger charge is -2.25. The van der Waals surface area contributed by atoms with E-state index < -0.39 is 48.4 Å². The number of benzene rings is 1. The molecule has 0 aliphatic heterocycles. The molecule has 0 aromatic heterocycles. The van der Waals surface area contributed by atoms with Crippen molar-refractivity contribution < 1.29 is 24.3 Å². The van der Waals surface area contributed by atoms with Gasteiger partial charge in [0.2, 0.25) is 17.7 Å². The van der Waals surface area contributed by atoms with Crippen molar-refractivity contribution in [3.63, 3.8) is 0 Å². The Labute approximate surface area is 188 Å². The average molecular weight is 450 g/mol. The Bertz CT molecular complexity index is 756. The zero-order valence-corrected chi connectivity index (χ0v) is 18.7. The van der Waals surface area contributed by atoms with Crippen molar-refractivity contribution in [1.29, 1.82) is 0 Å². The van der Waals surface area contributed by atoms with Crippen LogP contribution in [0.2, 0.25) is 0 Å². The van der Waals surface area contributed by atoms with Crippen LogP contribution < -0.4 is 27.4 Å². The number of carboxylic acid groups (broad SMARTS) is 1. The first kappa shape index (κ1) is 27.1. The van der Waals surface area contributed by atoms with Crippen molar-refractivity contribution in [2.75, 3.05) is 13.1 Å². The van der Waals surface area contributed by atoms with Gasteiger partial charge in [-0.3, -0.25) is 19.2 Å². The predicted molar refractivity (Wildman–Crippen MR) is 120 cm³/mol. The summed E-state index contributed by atoms with van der Waals surface area (Å²) in [6.07, 6.45) is 1.75. The summed E-state index contributed by atoms with van der Waals surface area (Å²) < 4.78 is 0. The Hall–Kier alpha value is -2.98. The van der Waals surface area contributed by atoms with Crippen LogP contribution in [0.5, 0.6) is 0 Å². The number of hydrogen-bond acceptors (Lipinski definition) is 6. The van der Waals surface area contributed by atoms with E-state index in [1.807, 2.05) is 6.07 Å². The molecule has 0 fully saturated rings. The molecule has 178 valence electrons.